The van der Waals surface area contributed by atoms with Gasteiger partial charge in [0.2, 0.25) is 0 Å². The fourth-order valence-electron chi connectivity index (χ4n) is 1.99. The molecule has 0 aromatic heterocycles. The van der Waals surface area contributed by atoms with E-state index in [1.54, 1.807) is 0 Å². The monoisotopic (exact) mass is 299 g/mol. The van der Waals surface area contributed by atoms with Crippen molar-refractivity contribution >= 4 is 23.0 Å². The van der Waals surface area contributed by atoms with Crippen LogP contribution in [0.1, 0.15) is 19.4 Å². The Hall–Kier alpha value is -2.07. The highest BCUT2D eigenvalue weighted by Crippen LogP contribution is 2.14. The lowest BCUT2D eigenvalue weighted by Gasteiger charge is -2.27. The highest BCUT2D eigenvalue weighted by Gasteiger charge is 2.09. The second-order valence-electron chi connectivity index (χ2n) is 5.15. The second-order valence-corrected chi connectivity index (χ2v) is 5.56. The Labute approximate surface area is 132 Å². The molecule has 0 unspecified atom stereocenters. The van der Waals surface area contributed by atoms with Crippen LogP contribution >= 0.6 is 12.2 Å². The zero-order chi connectivity index (χ0) is 15.1. The summed E-state index contributed by atoms with van der Waals surface area (Å²) < 4.78 is 0. The molecule has 2 N–H and O–H groups in total. The zero-order valence-corrected chi connectivity index (χ0v) is 13.2. The van der Waals surface area contributed by atoms with Crippen LogP contribution in [0.25, 0.3) is 0 Å². The van der Waals surface area contributed by atoms with E-state index in [1.807, 2.05) is 41.4 Å². The van der Waals surface area contributed by atoms with Crippen molar-refractivity contribution in [3.05, 3.63) is 66.2 Å². The van der Waals surface area contributed by atoms with Gasteiger partial charge in [-0.15, -0.1) is 0 Å². The van der Waals surface area contributed by atoms with Crippen molar-refractivity contribution in [2.45, 2.75) is 26.4 Å². The molecule has 2 aromatic rings. The Kier molecular flexibility index (Phi) is 5.58. The Morgan fingerprint density at radius 1 is 1.00 bits per heavy atom. The highest BCUT2D eigenvalue weighted by atomic mass is 32.1. The Bertz CT molecular complexity index is 555. The molecule has 0 bridgehead atoms. The second kappa shape index (κ2) is 7.64. The van der Waals surface area contributed by atoms with Crippen molar-refractivity contribution in [3.63, 3.8) is 0 Å². The highest BCUT2D eigenvalue weighted by molar-refractivity contribution is 7.80. The van der Waals surface area contributed by atoms with Gasteiger partial charge in [0.1, 0.15) is 0 Å². The number of nitrogens with one attached hydrogen (secondary N) is 2. The van der Waals surface area contributed by atoms with E-state index < -0.39 is 0 Å². The van der Waals surface area contributed by atoms with Gasteiger partial charge in [0.25, 0.3) is 0 Å². The third-order valence-electron chi connectivity index (χ3n) is 2.91. The summed E-state index contributed by atoms with van der Waals surface area (Å²) in [7, 11) is 0. The predicted octanol–water partition coefficient (Wildman–Crippen LogP) is 3.48. The number of hydrazine groups is 1. The van der Waals surface area contributed by atoms with Crippen LogP contribution in [-0.2, 0) is 6.54 Å². The number of rotatable bonds is 5. The lowest BCUT2D eigenvalue weighted by atomic mass is 10.2. The van der Waals surface area contributed by atoms with Crippen molar-refractivity contribution in [1.82, 2.24) is 10.7 Å². The topological polar surface area (TPSA) is 27.3 Å². The minimum atomic E-state index is 0.305. The largest absolute Gasteiger partial charge is 0.359 e. The number of nitrogens with zero attached hydrogens (tertiary/aromatic N) is 1. The quantitative estimate of drug-likeness (QED) is 0.653. The first-order valence-corrected chi connectivity index (χ1v) is 7.49. The predicted molar refractivity (Wildman–Crippen MR) is 93.1 cm³/mol. The van der Waals surface area contributed by atoms with Gasteiger partial charge in [0.15, 0.2) is 5.11 Å². The Morgan fingerprint density at radius 3 is 2.14 bits per heavy atom. The van der Waals surface area contributed by atoms with Crippen molar-refractivity contribution in [3.8, 4) is 0 Å². The molecule has 4 heteroatoms. The molecule has 110 valence electrons. The molecule has 2 rings (SSSR count). The van der Waals surface area contributed by atoms with Crippen LogP contribution in [0.15, 0.2) is 60.7 Å². The molecule has 21 heavy (non-hydrogen) atoms. The summed E-state index contributed by atoms with van der Waals surface area (Å²) in [5.74, 6) is 0. The summed E-state index contributed by atoms with van der Waals surface area (Å²) in [5.41, 5.74) is 5.57. The Balaban J connectivity index is 2.13. The number of hydrogen-bond donors (Lipinski definition) is 2. The lowest BCUT2D eigenvalue weighted by Crippen LogP contribution is -2.48. The fraction of sp³-hybridized carbons (Fsp3) is 0.235. The summed E-state index contributed by atoms with van der Waals surface area (Å²) >= 11 is 5.36. The maximum absolute atomic E-state index is 5.36. The van der Waals surface area contributed by atoms with Gasteiger partial charge in [-0.3, -0.25) is 10.4 Å². The molecule has 2 aromatic carbocycles. The molecule has 0 aliphatic rings. The molecule has 0 aliphatic heterocycles. The van der Waals surface area contributed by atoms with Crippen molar-refractivity contribution in [2.75, 3.05) is 5.01 Å². The number of anilines is 1. The third-order valence-corrected chi connectivity index (χ3v) is 3.12. The minimum Gasteiger partial charge on any atom is -0.359 e. The van der Waals surface area contributed by atoms with Gasteiger partial charge < -0.3 is 5.32 Å². The molecule has 0 heterocycles. The van der Waals surface area contributed by atoms with E-state index in [-0.39, 0.29) is 0 Å². The number of benzene rings is 2. The van der Waals surface area contributed by atoms with Crippen LogP contribution in [0.3, 0.4) is 0 Å². The lowest BCUT2D eigenvalue weighted by molar-refractivity contribution is 0.688. The first-order chi connectivity index (χ1) is 10.1. The van der Waals surface area contributed by atoms with Gasteiger partial charge in [-0.2, -0.15) is 0 Å². The normalized spacial score (nSPS) is 10.2. The van der Waals surface area contributed by atoms with E-state index in [0.717, 1.165) is 12.2 Å². The standard InChI is InChI=1S/C17H21N3S/c1-14(2)18-17(21)19-20(16-11-7-4-8-12-16)13-15-9-5-3-6-10-15/h3-12,14H,13H2,1-2H3,(H2,18,19,21). The molecule has 0 atom stereocenters. The van der Waals surface area contributed by atoms with Crippen LogP contribution in [-0.4, -0.2) is 11.2 Å². The molecule has 0 radical (unpaired) electrons. The first kappa shape index (κ1) is 15.3. The number of hydrogen-bond acceptors (Lipinski definition) is 2. The van der Waals surface area contributed by atoms with Crippen molar-refractivity contribution in [2.24, 2.45) is 0 Å². The van der Waals surface area contributed by atoms with Crippen LogP contribution in [0.5, 0.6) is 0 Å². The van der Waals surface area contributed by atoms with Gasteiger partial charge in [0.05, 0.1) is 12.2 Å². The first-order valence-electron chi connectivity index (χ1n) is 7.09. The molecule has 3 nitrogen and oxygen atoms in total. The average molecular weight is 299 g/mol. The van der Waals surface area contributed by atoms with E-state index in [9.17, 15) is 0 Å². The fourth-order valence-corrected chi connectivity index (χ4v) is 2.33. The average Bonchev–Trinajstić information content (AvgIpc) is 2.48. The van der Waals surface area contributed by atoms with E-state index >= 15 is 0 Å². The third kappa shape index (κ3) is 5.08. The minimum absolute atomic E-state index is 0.305. The number of para-hydroxylation sites is 1. The van der Waals surface area contributed by atoms with Crippen LogP contribution in [0.2, 0.25) is 0 Å². The van der Waals surface area contributed by atoms with Gasteiger partial charge in [-0.05, 0) is 43.8 Å². The molecule has 0 saturated carbocycles. The van der Waals surface area contributed by atoms with Crippen molar-refractivity contribution < 1.29 is 0 Å². The zero-order valence-electron chi connectivity index (χ0n) is 12.4. The number of thiocarbonyl (C=S) groups is 1. The van der Waals surface area contributed by atoms with Gasteiger partial charge in [-0.1, -0.05) is 48.5 Å². The Morgan fingerprint density at radius 2 is 1.57 bits per heavy atom. The summed E-state index contributed by atoms with van der Waals surface area (Å²) in [6, 6.07) is 20.8. The molecular formula is C17H21N3S. The molecule has 0 amide bonds. The molecular weight excluding hydrogens is 278 g/mol. The molecule has 0 fully saturated rings. The van der Waals surface area contributed by atoms with Crippen LogP contribution in [0.4, 0.5) is 5.69 Å². The summed E-state index contributed by atoms with van der Waals surface area (Å²) in [4.78, 5) is 0. The molecule has 0 aliphatic carbocycles. The smallest absolute Gasteiger partial charge is 0.185 e. The van der Waals surface area contributed by atoms with E-state index in [1.165, 1.54) is 5.56 Å². The van der Waals surface area contributed by atoms with E-state index in [4.69, 9.17) is 12.2 Å². The van der Waals surface area contributed by atoms with Gasteiger partial charge in [-0.25, -0.2) is 0 Å². The van der Waals surface area contributed by atoms with Crippen molar-refractivity contribution in [1.29, 1.82) is 0 Å². The SMILES string of the molecule is CC(C)NC(=S)NN(Cc1ccccc1)c1ccccc1. The van der Waals surface area contributed by atoms with Gasteiger partial charge >= 0.3 is 0 Å². The molecule has 0 saturated heterocycles. The van der Waals surface area contributed by atoms with Gasteiger partial charge in [0, 0.05) is 6.04 Å². The van der Waals surface area contributed by atoms with Crippen LogP contribution in [0, 0.1) is 0 Å². The summed E-state index contributed by atoms with van der Waals surface area (Å²) in [5, 5.41) is 5.89. The van der Waals surface area contributed by atoms with E-state index in [2.05, 4.69) is 48.9 Å². The van der Waals surface area contributed by atoms with E-state index in [0.29, 0.717) is 11.2 Å². The summed E-state index contributed by atoms with van der Waals surface area (Å²) in [6.45, 7) is 4.88. The summed E-state index contributed by atoms with van der Waals surface area (Å²) in [6.07, 6.45) is 0. The van der Waals surface area contributed by atoms with Crippen LogP contribution < -0.4 is 15.8 Å². The molecule has 0 spiro atoms. The maximum Gasteiger partial charge on any atom is 0.185 e. The maximum atomic E-state index is 5.36.